The number of hydrogen-bond acceptors (Lipinski definition) is 2. The van der Waals surface area contributed by atoms with Crippen LogP contribution >= 0.6 is 0 Å². The maximum atomic E-state index is 5.93. The van der Waals surface area contributed by atoms with Crippen LogP contribution in [-0.2, 0) is 0 Å². The van der Waals surface area contributed by atoms with Crippen molar-refractivity contribution in [1.82, 2.24) is 5.32 Å². The van der Waals surface area contributed by atoms with Crippen molar-refractivity contribution in [2.45, 2.75) is 57.9 Å². The molecule has 0 heterocycles. The van der Waals surface area contributed by atoms with E-state index in [1.165, 1.54) is 38.5 Å². The Labute approximate surface area is 94.0 Å². The third kappa shape index (κ3) is 2.54. The van der Waals surface area contributed by atoms with Crippen molar-refractivity contribution >= 4 is 0 Å². The van der Waals surface area contributed by atoms with Gasteiger partial charge < -0.3 is 11.1 Å². The van der Waals surface area contributed by atoms with E-state index >= 15 is 0 Å². The highest BCUT2D eigenvalue weighted by Gasteiger charge is 2.51. The van der Waals surface area contributed by atoms with Crippen LogP contribution in [0.25, 0.3) is 0 Å². The van der Waals surface area contributed by atoms with Crippen LogP contribution in [0, 0.1) is 11.3 Å². The van der Waals surface area contributed by atoms with E-state index < -0.39 is 0 Å². The molecule has 88 valence electrons. The second kappa shape index (κ2) is 4.06. The highest BCUT2D eigenvalue weighted by molar-refractivity contribution is 5.08. The fraction of sp³-hybridized carbons (Fsp3) is 1.00. The maximum absolute atomic E-state index is 5.93. The molecule has 0 aromatic rings. The van der Waals surface area contributed by atoms with E-state index in [9.17, 15) is 0 Å². The van der Waals surface area contributed by atoms with Crippen LogP contribution in [0.3, 0.4) is 0 Å². The SMILES string of the molecule is CC1(C(C)(CN)NCCCC2CC2)CC1. The Kier molecular flexibility index (Phi) is 3.09. The molecule has 2 nitrogen and oxygen atoms in total. The Morgan fingerprint density at radius 1 is 1.40 bits per heavy atom. The zero-order chi connectivity index (χ0) is 10.9. The zero-order valence-corrected chi connectivity index (χ0v) is 10.3. The monoisotopic (exact) mass is 210 g/mol. The largest absolute Gasteiger partial charge is 0.329 e. The van der Waals surface area contributed by atoms with Crippen LogP contribution in [0.15, 0.2) is 0 Å². The van der Waals surface area contributed by atoms with E-state index in [2.05, 4.69) is 19.2 Å². The summed E-state index contributed by atoms with van der Waals surface area (Å²) in [6.07, 6.45) is 8.39. The summed E-state index contributed by atoms with van der Waals surface area (Å²) in [4.78, 5) is 0. The lowest BCUT2D eigenvalue weighted by atomic mass is 9.83. The summed E-state index contributed by atoms with van der Waals surface area (Å²) >= 11 is 0. The molecule has 2 aliphatic carbocycles. The van der Waals surface area contributed by atoms with E-state index in [1.807, 2.05) is 0 Å². The average Bonchev–Trinajstić information content (AvgIpc) is 3.09. The summed E-state index contributed by atoms with van der Waals surface area (Å²) in [7, 11) is 0. The molecular weight excluding hydrogens is 184 g/mol. The molecule has 0 spiro atoms. The van der Waals surface area contributed by atoms with Gasteiger partial charge in [0.15, 0.2) is 0 Å². The van der Waals surface area contributed by atoms with Gasteiger partial charge in [0.05, 0.1) is 0 Å². The molecule has 0 aliphatic heterocycles. The molecule has 0 aromatic carbocycles. The van der Waals surface area contributed by atoms with E-state index in [0.29, 0.717) is 5.41 Å². The fourth-order valence-corrected chi connectivity index (χ4v) is 2.43. The molecule has 1 atom stereocenters. The standard InChI is InChI=1S/C13H26N2/c1-12(7-8-12)13(2,10-14)15-9-3-4-11-5-6-11/h11,15H,3-10,14H2,1-2H3. The minimum absolute atomic E-state index is 0.177. The van der Waals surface area contributed by atoms with Gasteiger partial charge in [0.2, 0.25) is 0 Å². The summed E-state index contributed by atoms with van der Waals surface area (Å²) in [6.45, 7) is 6.59. The topological polar surface area (TPSA) is 38.0 Å². The maximum Gasteiger partial charge on any atom is 0.0329 e. The fourth-order valence-electron chi connectivity index (χ4n) is 2.43. The van der Waals surface area contributed by atoms with Crippen molar-refractivity contribution < 1.29 is 0 Å². The van der Waals surface area contributed by atoms with Crippen molar-refractivity contribution in [1.29, 1.82) is 0 Å². The lowest BCUT2D eigenvalue weighted by Gasteiger charge is -2.36. The lowest BCUT2D eigenvalue weighted by molar-refractivity contribution is 0.231. The smallest absolute Gasteiger partial charge is 0.0329 e. The van der Waals surface area contributed by atoms with Crippen molar-refractivity contribution in [3.05, 3.63) is 0 Å². The van der Waals surface area contributed by atoms with Gasteiger partial charge in [0, 0.05) is 12.1 Å². The van der Waals surface area contributed by atoms with Gasteiger partial charge in [0.25, 0.3) is 0 Å². The molecule has 15 heavy (non-hydrogen) atoms. The molecule has 0 bridgehead atoms. The summed E-state index contributed by atoms with van der Waals surface area (Å²) in [5.41, 5.74) is 6.58. The Morgan fingerprint density at radius 2 is 2.07 bits per heavy atom. The van der Waals surface area contributed by atoms with Crippen molar-refractivity contribution in [3.8, 4) is 0 Å². The number of nitrogens with one attached hydrogen (secondary N) is 1. The second-order valence-corrected chi connectivity index (χ2v) is 6.11. The second-order valence-electron chi connectivity index (χ2n) is 6.11. The molecule has 2 fully saturated rings. The summed E-state index contributed by atoms with van der Waals surface area (Å²) in [5, 5.41) is 3.71. The first kappa shape index (κ1) is 11.4. The Bertz CT molecular complexity index is 219. The van der Waals surface area contributed by atoms with Gasteiger partial charge in [-0.1, -0.05) is 19.8 Å². The van der Waals surface area contributed by atoms with Gasteiger partial charge in [-0.05, 0) is 50.5 Å². The Hall–Kier alpha value is -0.0800. The minimum Gasteiger partial charge on any atom is -0.329 e. The predicted molar refractivity (Wildman–Crippen MR) is 64.8 cm³/mol. The molecule has 3 N–H and O–H groups in total. The number of rotatable bonds is 7. The average molecular weight is 210 g/mol. The molecule has 0 radical (unpaired) electrons. The molecule has 1 unspecified atom stereocenters. The predicted octanol–water partition coefficient (Wildman–Crippen LogP) is 2.28. The summed E-state index contributed by atoms with van der Waals surface area (Å²) < 4.78 is 0. The van der Waals surface area contributed by atoms with Gasteiger partial charge in [0.1, 0.15) is 0 Å². The van der Waals surface area contributed by atoms with Crippen LogP contribution < -0.4 is 11.1 Å². The van der Waals surface area contributed by atoms with Crippen molar-refractivity contribution in [2.24, 2.45) is 17.1 Å². The third-order valence-electron chi connectivity index (χ3n) is 4.74. The van der Waals surface area contributed by atoms with Gasteiger partial charge in [-0.3, -0.25) is 0 Å². The molecule has 0 saturated heterocycles. The first-order valence-electron chi connectivity index (χ1n) is 6.55. The van der Waals surface area contributed by atoms with Crippen LogP contribution in [0.1, 0.15) is 52.4 Å². The summed E-state index contributed by atoms with van der Waals surface area (Å²) in [5.74, 6) is 1.06. The van der Waals surface area contributed by atoms with Gasteiger partial charge >= 0.3 is 0 Å². The first-order valence-corrected chi connectivity index (χ1v) is 6.55. The Morgan fingerprint density at radius 3 is 2.53 bits per heavy atom. The van der Waals surface area contributed by atoms with E-state index in [0.717, 1.165) is 19.0 Å². The third-order valence-corrected chi connectivity index (χ3v) is 4.74. The zero-order valence-electron chi connectivity index (χ0n) is 10.3. The molecule has 0 amide bonds. The van der Waals surface area contributed by atoms with Gasteiger partial charge in [-0.25, -0.2) is 0 Å². The van der Waals surface area contributed by atoms with E-state index in [4.69, 9.17) is 5.73 Å². The highest BCUT2D eigenvalue weighted by Crippen LogP contribution is 2.53. The van der Waals surface area contributed by atoms with E-state index in [-0.39, 0.29) is 5.54 Å². The van der Waals surface area contributed by atoms with Crippen LogP contribution in [0.5, 0.6) is 0 Å². The van der Waals surface area contributed by atoms with E-state index in [1.54, 1.807) is 0 Å². The van der Waals surface area contributed by atoms with Crippen molar-refractivity contribution in [2.75, 3.05) is 13.1 Å². The van der Waals surface area contributed by atoms with Gasteiger partial charge in [-0.2, -0.15) is 0 Å². The number of hydrogen-bond donors (Lipinski definition) is 2. The lowest BCUT2D eigenvalue weighted by Crippen LogP contribution is -2.54. The van der Waals surface area contributed by atoms with Crippen molar-refractivity contribution in [3.63, 3.8) is 0 Å². The number of nitrogens with two attached hydrogens (primary N) is 1. The van der Waals surface area contributed by atoms with Gasteiger partial charge in [-0.15, -0.1) is 0 Å². The van der Waals surface area contributed by atoms with Crippen LogP contribution in [0.4, 0.5) is 0 Å². The molecule has 2 aliphatic rings. The first-order chi connectivity index (χ1) is 7.10. The minimum atomic E-state index is 0.177. The quantitative estimate of drug-likeness (QED) is 0.633. The molecule has 2 saturated carbocycles. The molecule has 2 rings (SSSR count). The normalized spacial score (nSPS) is 27.4. The molecule has 2 heteroatoms. The Balaban J connectivity index is 1.69. The molecule has 0 aromatic heterocycles. The molecular formula is C13H26N2. The van der Waals surface area contributed by atoms with Crippen LogP contribution in [-0.4, -0.2) is 18.6 Å². The van der Waals surface area contributed by atoms with Crippen LogP contribution in [0.2, 0.25) is 0 Å². The summed E-state index contributed by atoms with van der Waals surface area (Å²) in [6, 6.07) is 0. The highest BCUT2D eigenvalue weighted by atomic mass is 15.0.